The molecule has 1 aliphatic heterocycles. The quantitative estimate of drug-likeness (QED) is 0.921. The molecule has 2 rings (SSSR count). The Bertz CT molecular complexity index is 439. The van der Waals surface area contributed by atoms with Crippen molar-refractivity contribution in [1.29, 1.82) is 0 Å². The van der Waals surface area contributed by atoms with Gasteiger partial charge in [-0.1, -0.05) is 15.9 Å². The molecule has 1 N–H and O–H groups in total. The smallest absolute Gasteiger partial charge is 0.253 e. The van der Waals surface area contributed by atoms with Crippen molar-refractivity contribution in [3.05, 3.63) is 33.8 Å². The molecule has 0 spiro atoms. The van der Waals surface area contributed by atoms with Gasteiger partial charge in [0, 0.05) is 36.7 Å². The van der Waals surface area contributed by atoms with Crippen LogP contribution in [0.2, 0.25) is 0 Å². The van der Waals surface area contributed by atoms with Gasteiger partial charge in [-0.25, -0.2) is 0 Å². The van der Waals surface area contributed by atoms with Gasteiger partial charge in [-0.2, -0.15) is 0 Å². The minimum absolute atomic E-state index is 0.0265. The van der Waals surface area contributed by atoms with Gasteiger partial charge in [0.25, 0.3) is 5.91 Å². The Morgan fingerprint density at radius 2 is 2.32 bits per heavy atom. The molecule has 104 valence electrons. The van der Waals surface area contributed by atoms with E-state index >= 15 is 0 Å². The monoisotopic (exact) mass is 326 g/mol. The first-order valence-electron chi connectivity index (χ1n) is 6.41. The highest BCUT2D eigenvalue weighted by molar-refractivity contribution is 9.10. The van der Waals surface area contributed by atoms with Crippen molar-refractivity contribution in [2.24, 2.45) is 0 Å². The predicted molar refractivity (Wildman–Crippen MR) is 78.4 cm³/mol. The van der Waals surface area contributed by atoms with Crippen LogP contribution in [-0.4, -0.2) is 50.2 Å². The number of benzene rings is 1. The van der Waals surface area contributed by atoms with Crippen LogP contribution in [0.1, 0.15) is 15.9 Å². The number of carbonyl (C=O) groups is 1. The van der Waals surface area contributed by atoms with Gasteiger partial charge >= 0.3 is 0 Å². The number of amides is 1. The highest BCUT2D eigenvalue weighted by atomic mass is 79.9. The van der Waals surface area contributed by atoms with E-state index in [9.17, 15) is 4.79 Å². The van der Waals surface area contributed by atoms with Crippen molar-refractivity contribution in [1.82, 2.24) is 10.2 Å². The minimum atomic E-state index is 0.0265. The van der Waals surface area contributed by atoms with Crippen molar-refractivity contribution in [3.8, 4) is 0 Å². The second-order valence-corrected chi connectivity index (χ2v) is 5.82. The Hall–Kier alpha value is -0.910. The number of rotatable bonds is 3. The molecule has 4 nitrogen and oxygen atoms in total. The average Bonchev–Trinajstić information content (AvgIpc) is 2.37. The van der Waals surface area contributed by atoms with Gasteiger partial charge in [0.1, 0.15) is 0 Å². The molecule has 1 fully saturated rings. The van der Waals surface area contributed by atoms with Crippen LogP contribution in [-0.2, 0) is 4.74 Å². The number of nitrogens with one attached hydrogen (secondary N) is 1. The SMILES string of the molecule is Cc1cc(Br)cc(C(=O)N(C)CC2CNCCO2)c1. The van der Waals surface area contributed by atoms with Gasteiger partial charge in [0.05, 0.1) is 12.7 Å². The lowest BCUT2D eigenvalue weighted by atomic mass is 10.1. The third-order valence-electron chi connectivity index (χ3n) is 3.12. The molecule has 5 heteroatoms. The highest BCUT2D eigenvalue weighted by Gasteiger charge is 2.19. The number of hydrogen-bond donors (Lipinski definition) is 1. The summed E-state index contributed by atoms with van der Waals surface area (Å²) in [7, 11) is 1.82. The number of carbonyl (C=O) groups excluding carboxylic acids is 1. The standard InChI is InChI=1S/C14H19BrN2O2/c1-10-5-11(7-12(15)6-10)14(18)17(2)9-13-8-16-3-4-19-13/h5-7,13,16H,3-4,8-9H2,1-2H3. The lowest BCUT2D eigenvalue weighted by Gasteiger charge is -2.28. The number of ether oxygens (including phenoxy) is 1. The summed E-state index contributed by atoms with van der Waals surface area (Å²) in [6.07, 6.45) is 0.0796. The maximum Gasteiger partial charge on any atom is 0.253 e. The first kappa shape index (κ1) is 14.5. The zero-order chi connectivity index (χ0) is 13.8. The van der Waals surface area contributed by atoms with Crippen LogP contribution in [0.5, 0.6) is 0 Å². The summed E-state index contributed by atoms with van der Waals surface area (Å²) in [5, 5.41) is 3.27. The van der Waals surface area contributed by atoms with E-state index in [2.05, 4.69) is 21.2 Å². The number of halogens is 1. The molecular weight excluding hydrogens is 308 g/mol. The zero-order valence-electron chi connectivity index (χ0n) is 11.3. The van der Waals surface area contributed by atoms with E-state index in [1.807, 2.05) is 32.2 Å². The Labute approximate surface area is 122 Å². The Morgan fingerprint density at radius 1 is 1.53 bits per heavy atom. The van der Waals surface area contributed by atoms with E-state index in [0.29, 0.717) is 18.7 Å². The third-order valence-corrected chi connectivity index (χ3v) is 3.58. The second kappa shape index (κ2) is 6.50. The lowest BCUT2D eigenvalue weighted by Crippen LogP contribution is -2.45. The molecule has 19 heavy (non-hydrogen) atoms. The molecule has 0 radical (unpaired) electrons. The van der Waals surface area contributed by atoms with E-state index in [1.54, 1.807) is 4.90 Å². The maximum atomic E-state index is 12.4. The van der Waals surface area contributed by atoms with Crippen molar-refractivity contribution < 1.29 is 9.53 Å². The number of morpholine rings is 1. The summed E-state index contributed by atoms with van der Waals surface area (Å²) in [6, 6.07) is 5.75. The van der Waals surface area contributed by atoms with Crippen molar-refractivity contribution >= 4 is 21.8 Å². The summed E-state index contributed by atoms with van der Waals surface area (Å²) in [4.78, 5) is 14.1. The topological polar surface area (TPSA) is 41.6 Å². The molecule has 1 aromatic carbocycles. The number of likely N-dealkylation sites (N-methyl/N-ethyl adjacent to an activating group) is 1. The molecule has 1 heterocycles. The predicted octanol–water partition coefficient (Wildman–Crippen LogP) is 1.82. The van der Waals surface area contributed by atoms with E-state index in [1.165, 1.54) is 0 Å². The summed E-state index contributed by atoms with van der Waals surface area (Å²) in [5.41, 5.74) is 1.78. The lowest BCUT2D eigenvalue weighted by molar-refractivity contribution is 0.0104. The molecular formula is C14H19BrN2O2. The fraction of sp³-hybridized carbons (Fsp3) is 0.500. The second-order valence-electron chi connectivity index (χ2n) is 4.90. The number of hydrogen-bond acceptors (Lipinski definition) is 3. The van der Waals surface area contributed by atoms with Crippen molar-refractivity contribution in [2.45, 2.75) is 13.0 Å². The van der Waals surface area contributed by atoms with E-state index < -0.39 is 0 Å². The Kier molecular flexibility index (Phi) is 4.96. The Balaban J connectivity index is 2.01. The molecule has 0 saturated carbocycles. The molecule has 1 amide bonds. The number of nitrogens with zero attached hydrogens (tertiary/aromatic N) is 1. The first-order valence-corrected chi connectivity index (χ1v) is 7.20. The Morgan fingerprint density at radius 3 is 2.95 bits per heavy atom. The average molecular weight is 327 g/mol. The van der Waals surface area contributed by atoms with Crippen LogP contribution in [0.4, 0.5) is 0 Å². The molecule has 1 unspecified atom stereocenters. The van der Waals surface area contributed by atoms with E-state index in [-0.39, 0.29) is 12.0 Å². The van der Waals surface area contributed by atoms with Gasteiger partial charge in [-0.15, -0.1) is 0 Å². The van der Waals surface area contributed by atoms with Crippen LogP contribution in [0.3, 0.4) is 0 Å². The van der Waals surface area contributed by atoms with Gasteiger partial charge < -0.3 is 15.0 Å². The minimum Gasteiger partial charge on any atom is -0.374 e. The largest absolute Gasteiger partial charge is 0.374 e. The first-order chi connectivity index (χ1) is 9.06. The van der Waals surface area contributed by atoms with Gasteiger partial charge in [0.15, 0.2) is 0 Å². The summed E-state index contributed by atoms with van der Waals surface area (Å²) < 4.78 is 6.55. The van der Waals surface area contributed by atoms with E-state index in [0.717, 1.165) is 23.1 Å². The van der Waals surface area contributed by atoms with Crippen LogP contribution >= 0.6 is 15.9 Å². The van der Waals surface area contributed by atoms with Gasteiger partial charge in [-0.3, -0.25) is 4.79 Å². The highest BCUT2D eigenvalue weighted by Crippen LogP contribution is 2.16. The van der Waals surface area contributed by atoms with Crippen molar-refractivity contribution in [2.75, 3.05) is 33.3 Å². The molecule has 1 atom stereocenters. The molecule has 1 saturated heterocycles. The van der Waals surface area contributed by atoms with Crippen LogP contribution in [0.25, 0.3) is 0 Å². The van der Waals surface area contributed by atoms with Crippen LogP contribution in [0.15, 0.2) is 22.7 Å². The summed E-state index contributed by atoms with van der Waals surface area (Å²) >= 11 is 3.42. The zero-order valence-corrected chi connectivity index (χ0v) is 12.9. The van der Waals surface area contributed by atoms with Crippen LogP contribution in [0, 0.1) is 6.92 Å². The molecule has 0 aliphatic carbocycles. The third kappa shape index (κ3) is 4.03. The van der Waals surface area contributed by atoms with Crippen LogP contribution < -0.4 is 5.32 Å². The summed E-state index contributed by atoms with van der Waals surface area (Å²) in [6.45, 7) is 4.99. The normalized spacial score (nSPS) is 19.2. The van der Waals surface area contributed by atoms with Crippen molar-refractivity contribution in [3.63, 3.8) is 0 Å². The molecule has 0 bridgehead atoms. The fourth-order valence-corrected chi connectivity index (χ4v) is 2.81. The molecule has 1 aliphatic rings. The van der Waals surface area contributed by atoms with Gasteiger partial charge in [-0.05, 0) is 30.7 Å². The summed E-state index contributed by atoms with van der Waals surface area (Å²) in [5.74, 6) is 0.0265. The van der Waals surface area contributed by atoms with E-state index in [4.69, 9.17) is 4.74 Å². The molecule has 1 aromatic rings. The fourth-order valence-electron chi connectivity index (χ4n) is 2.21. The number of aryl methyl sites for hydroxylation is 1. The van der Waals surface area contributed by atoms with Gasteiger partial charge in [0.2, 0.25) is 0 Å². The molecule has 0 aromatic heterocycles. The maximum absolute atomic E-state index is 12.4.